The van der Waals surface area contributed by atoms with E-state index in [1.165, 1.54) is 6.07 Å². The molecule has 0 atom stereocenters. The summed E-state index contributed by atoms with van der Waals surface area (Å²) >= 11 is 6.67. The number of rotatable bonds is 5. The second kappa shape index (κ2) is 6.91. The molecule has 0 saturated heterocycles. The van der Waals surface area contributed by atoms with Gasteiger partial charge in [-0.15, -0.1) is 0 Å². The highest BCUT2D eigenvalue weighted by Crippen LogP contribution is 2.30. The molecule has 0 saturated carbocycles. The summed E-state index contributed by atoms with van der Waals surface area (Å²) in [6, 6.07) is 10.6. The van der Waals surface area contributed by atoms with Crippen LogP contribution in [0.1, 0.15) is 5.56 Å². The molecule has 0 amide bonds. The van der Waals surface area contributed by atoms with Crippen LogP contribution < -0.4 is 10.1 Å². The van der Waals surface area contributed by atoms with Crippen LogP contribution in [0.2, 0.25) is 0 Å². The zero-order valence-corrected chi connectivity index (χ0v) is 14.3. The van der Waals surface area contributed by atoms with Gasteiger partial charge in [0.2, 0.25) is 0 Å². The monoisotopic (exact) mass is 414 g/mol. The zero-order valence-electron chi connectivity index (χ0n) is 11.1. The minimum absolute atomic E-state index is 0.0580. The third kappa shape index (κ3) is 3.74. The van der Waals surface area contributed by atoms with Crippen molar-refractivity contribution in [3.05, 3.63) is 61.0 Å². The van der Waals surface area contributed by atoms with E-state index >= 15 is 0 Å². The SMILES string of the molecule is COc1cc(NCc2cccc([N+](=O)[O-])c2Br)ccc1Br. The normalized spacial score (nSPS) is 10.2. The van der Waals surface area contributed by atoms with Crippen LogP contribution in [0.25, 0.3) is 0 Å². The molecule has 110 valence electrons. The lowest BCUT2D eigenvalue weighted by atomic mass is 10.2. The van der Waals surface area contributed by atoms with Crippen molar-refractivity contribution in [3.8, 4) is 5.75 Å². The Bertz CT molecular complexity index is 677. The van der Waals surface area contributed by atoms with Crippen LogP contribution in [0.15, 0.2) is 45.3 Å². The van der Waals surface area contributed by atoms with E-state index in [4.69, 9.17) is 4.74 Å². The van der Waals surface area contributed by atoms with Gasteiger partial charge in [-0.05, 0) is 49.6 Å². The Morgan fingerprint density at radius 3 is 2.71 bits per heavy atom. The van der Waals surface area contributed by atoms with Crippen LogP contribution in [0.5, 0.6) is 5.75 Å². The van der Waals surface area contributed by atoms with Crippen LogP contribution in [0.3, 0.4) is 0 Å². The third-order valence-electron chi connectivity index (χ3n) is 2.89. The van der Waals surface area contributed by atoms with E-state index in [9.17, 15) is 10.1 Å². The molecule has 0 aliphatic carbocycles. The van der Waals surface area contributed by atoms with Crippen LogP contribution in [0, 0.1) is 10.1 Å². The van der Waals surface area contributed by atoms with E-state index in [2.05, 4.69) is 37.2 Å². The van der Waals surface area contributed by atoms with Gasteiger partial charge in [0.05, 0.1) is 16.5 Å². The summed E-state index contributed by atoms with van der Waals surface area (Å²) in [6.45, 7) is 0.465. The highest BCUT2D eigenvalue weighted by molar-refractivity contribution is 9.11. The molecule has 1 N–H and O–H groups in total. The molecule has 5 nitrogen and oxygen atoms in total. The topological polar surface area (TPSA) is 64.4 Å². The number of nitrogens with zero attached hydrogens (tertiary/aromatic N) is 1. The van der Waals surface area contributed by atoms with Gasteiger partial charge in [0.15, 0.2) is 0 Å². The summed E-state index contributed by atoms with van der Waals surface area (Å²) in [7, 11) is 1.60. The van der Waals surface area contributed by atoms with Gasteiger partial charge in [-0.1, -0.05) is 12.1 Å². The lowest BCUT2D eigenvalue weighted by Gasteiger charge is -2.10. The predicted octanol–water partition coefficient (Wildman–Crippen LogP) is 4.74. The molecular weight excluding hydrogens is 404 g/mol. The lowest BCUT2D eigenvalue weighted by Crippen LogP contribution is -2.02. The largest absolute Gasteiger partial charge is 0.495 e. The first-order valence-corrected chi connectivity index (χ1v) is 7.60. The molecular formula is C14H12Br2N2O3. The number of nitro groups is 1. The molecule has 0 aliphatic rings. The minimum Gasteiger partial charge on any atom is -0.495 e. The fourth-order valence-electron chi connectivity index (χ4n) is 1.81. The maximum absolute atomic E-state index is 10.9. The Balaban J connectivity index is 2.17. The van der Waals surface area contributed by atoms with E-state index in [0.29, 0.717) is 11.0 Å². The fraction of sp³-hybridized carbons (Fsp3) is 0.143. The molecule has 2 aromatic carbocycles. The first-order valence-electron chi connectivity index (χ1n) is 6.02. The number of ether oxygens (including phenoxy) is 1. The first kappa shape index (κ1) is 15.8. The van der Waals surface area contributed by atoms with Gasteiger partial charge in [0.25, 0.3) is 5.69 Å². The van der Waals surface area contributed by atoms with Crippen LogP contribution in [-0.2, 0) is 6.54 Å². The zero-order chi connectivity index (χ0) is 15.4. The standard InChI is InChI=1S/C14H12Br2N2O3/c1-21-13-7-10(5-6-11(13)15)17-8-9-3-2-4-12(14(9)16)18(19)20/h2-7,17H,8H2,1H3. The molecule has 7 heteroatoms. The Morgan fingerprint density at radius 2 is 2.05 bits per heavy atom. The number of nitrogens with one attached hydrogen (secondary N) is 1. The van der Waals surface area contributed by atoms with Gasteiger partial charge in [-0.3, -0.25) is 10.1 Å². The number of hydrogen-bond acceptors (Lipinski definition) is 4. The molecule has 0 heterocycles. The lowest BCUT2D eigenvalue weighted by molar-refractivity contribution is -0.385. The van der Waals surface area contributed by atoms with Gasteiger partial charge >= 0.3 is 0 Å². The van der Waals surface area contributed by atoms with E-state index < -0.39 is 4.92 Å². The molecule has 0 radical (unpaired) electrons. The molecule has 0 fully saturated rings. The number of anilines is 1. The fourth-order valence-corrected chi connectivity index (χ4v) is 2.77. The Hall–Kier alpha value is -1.60. The average molecular weight is 416 g/mol. The molecule has 2 rings (SSSR count). The second-order valence-corrected chi connectivity index (χ2v) is 5.86. The number of benzene rings is 2. The van der Waals surface area contributed by atoms with Crippen molar-refractivity contribution in [2.24, 2.45) is 0 Å². The first-order chi connectivity index (χ1) is 10.0. The van der Waals surface area contributed by atoms with Crippen molar-refractivity contribution in [1.29, 1.82) is 0 Å². The second-order valence-electron chi connectivity index (χ2n) is 4.21. The van der Waals surface area contributed by atoms with Crippen molar-refractivity contribution in [3.63, 3.8) is 0 Å². The van der Waals surface area contributed by atoms with Gasteiger partial charge in [0.1, 0.15) is 10.2 Å². The summed E-state index contributed by atoms with van der Waals surface area (Å²) in [5, 5.41) is 14.1. The van der Waals surface area contributed by atoms with E-state index in [-0.39, 0.29) is 5.69 Å². The highest BCUT2D eigenvalue weighted by atomic mass is 79.9. The molecule has 2 aromatic rings. The van der Waals surface area contributed by atoms with Gasteiger partial charge < -0.3 is 10.1 Å². The average Bonchev–Trinajstić information content (AvgIpc) is 2.47. The van der Waals surface area contributed by atoms with Gasteiger partial charge in [0, 0.05) is 24.4 Å². The molecule has 0 spiro atoms. The van der Waals surface area contributed by atoms with Crippen LogP contribution in [0.4, 0.5) is 11.4 Å². The quantitative estimate of drug-likeness (QED) is 0.565. The predicted molar refractivity (Wildman–Crippen MR) is 88.8 cm³/mol. The van der Waals surface area contributed by atoms with Crippen molar-refractivity contribution >= 4 is 43.2 Å². The summed E-state index contributed by atoms with van der Waals surface area (Å²) in [5.41, 5.74) is 1.74. The van der Waals surface area contributed by atoms with Crippen molar-refractivity contribution in [1.82, 2.24) is 0 Å². The van der Waals surface area contributed by atoms with Crippen LogP contribution in [-0.4, -0.2) is 12.0 Å². The smallest absolute Gasteiger partial charge is 0.283 e. The summed E-state index contributed by atoms with van der Waals surface area (Å²) in [6.07, 6.45) is 0. The summed E-state index contributed by atoms with van der Waals surface area (Å²) < 4.78 is 6.59. The number of nitro benzene ring substituents is 1. The van der Waals surface area contributed by atoms with E-state index in [0.717, 1.165) is 21.5 Å². The molecule has 0 unspecified atom stereocenters. The molecule has 0 aromatic heterocycles. The van der Waals surface area contributed by atoms with E-state index in [1.807, 2.05) is 24.3 Å². The van der Waals surface area contributed by atoms with E-state index in [1.54, 1.807) is 13.2 Å². The summed E-state index contributed by atoms with van der Waals surface area (Å²) in [5.74, 6) is 0.720. The van der Waals surface area contributed by atoms with Crippen molar-refractivity contribution in [2.75, 3.05) is 12.4 Å². The molecule has 0 bridgehead atoms. The van der Waals surface area contributed by atoms with Gasteiger partial charge in [-0.2, -0.15) is 0 Å². The highest BCUT2D eigenvalue weighted by Gasteiger charge is 2.14. The Labute approximate surface area is 138 Å². The third-order valence-corrected chi connectivity index (χ3v) is 4.46. The van der Waals surface area contributed by atoms with Gasteiger partial charge in [-0.25, -0.2) is 0 Å². The minimum atomic E-state index is -0.407. The summed E-state index contributed by atoms with van der Waals surface area (Å²) in [4.78, 5) is 10.5. The number of hydrogen-bond donors (Lipinski definition) is 1. The Kier molecular flexibility index (Phi) is 5.19. The number of methoxy groups -OCH3 is 1. The van der Waals surface area contributed by atoms with Crippen molar-refractivity contribution in [2.45, 2.75) is 6.54 Å². The number of halogens is 2. The van der Waals surface area contributed by atoms with Crippen LogP contribution >= 0.6 is 31.9 Å². The maximum Gasteiger partial charge on any atom is 0.283 e. The van der Waals surface area contributed by atoms with Crippen molar-refractivity contribution < 1.29 is 9.66 Å². The maximum atomic E-state index is 10.9. The molecule has 21 heavy (non-hydrogen) atoms. The molecule has 0 aliphatic heterocycles. The Morgan fingerprint density at radius 1 is 1.29 bits per heavy atom.